The number of hydrogen-bond donors (Lipinski definition) is 0. The highest BCUT2D eigenvalue weighted by Gasteiger charge is 2.24. The third-order valence-electron chi connectivity index (χ3n) is 4.75. The summed E-state index contributed by atoms with van der Waals surface area (Å²) in [6.45, 7) is 6.51. The summed E-state index contributed by atoms with van der Waals surface area (Å²) in [4.78, 5) is 0. The van der Waals surface area contributed by atoms with Crippen LogP contribution in [0.25, 0.3) is 6.08 Å². The Hall–Kier alpha value is -2.40. The van der Waals surface area contributed by atoms with Gasteiger partial charge in [0.05, 0.1) is 19.3 Å². The summed E-state index contributed by atoms with van der Waals surface area (Å²) in [6, 6.07) is 11.0. The zero-order chi connectivity index (χ0) is 19.2. The van der Waals surface area contributed by atoms with Gasteiger partial charge in [0, 0.05) is 5.92 Å². The molecule has 1 aliphatic rings. The van der Waals surface area contributed by atoms with E-state index in [4.69, 9.17) is 14.2 Å². The summed E-state index contributed by atoms with van der Waals surface area (Å²) < 4.78 is 44.3. The Labute approximate surface area is 158 Å². The summed E-state index contributed by atoms with van der Waals surface area (Å²) in [5, 5.41) is 0. The first-order valence-electron chi connectivity index (χ1n) is 9.20. The number of ether oxygens (including phenoxy) is 3. The highest BCUT2D eigenvalue weighted by atomic mass is 19.2. The highest BCUT2D eigenvalue weighted by Crippen LogP contribution is 2.31. The second kappa shape index (κ2) is 9.00. The lowest BCUT2D eigenvalue weighted by Gasteiger charge is -2.29. The predicted molar refractivity (Wildman–Crippen MR) is 101 cm³/mol. The zero-order valence-corrected chi connectivity index (χ0v) is 15.4. The molecule has 3 nitrogen and oxygen atoms in total. The van der Waals surface area contributed by atoms with Gasteiger partial charge in [-0.05, 0) is 43.0 Å². The van der Waals surface area contributed by atoms with E-state index in [0.717, 1.165) is 18.4 Å². The third kappa shape index (κ3) is 4.66. The second-order valence-corrected chi connectivity index (χ2v) is 6.53. The van der Waals surface area contributed by atoms with Crippen molar-refractivity contribution in [3.63, 3.8) is 0 Å². The van der Waals surface area contributed by atoms with Crippen molar-refractivity contribution in [1.29, 1.82) is 0 Å². The van der Waals surface area contributed by atoms with Gasteiger partial charge in [-0.15, -0.1) is 0 Å². The van der Waals surface area contributed by atoms with Crippen molar-refractivity contribution in [2.45, 2.75) is 31.8 Å². The molecular weight excluding hydrogens is 350 g/mol. The molecule has 0 amide bonds. The first-order valence-corrected chi connectivity index (χ1v) is 9.20. The van der Waals surface area contributed by atoms with E-state index >= 15 is 0 Å². The van der Waals surface area contributed by atoms with Crippen molar-refractivity contribution < 1.29 is 23.0 Å². The maximum atomic E-state index is 14.1. The van der Waals surface area contributed by atoms with Crippen LogP contribution in [0.5, 0.6) is 11.5 Å². The van der Waals surface area contributed by atoms with Crippen molar-refractivity contribution in [2.24, 2.45) is 0 Å². The molecular formula is C22H24F2O3. The first-order chi connectivity index (χ1) is 13.1. The Morgan fingerprint density at radius 1 is 1.04 bits per heavy atom. The van der Waals surface area contributed by atoms with E-state index in [2.05, 4.69) is 18.7 Å². The molecule has 2 aromatic carbocycles. The van der Waals surface area contributed by atoms with Gasteiger partial charge < -0.3 is 14.2 Å². The summed E-state index contributed by atoms with van der Waals surface area (Å²) in [6.07, 6.45) is 3.44. The lowest BCUT2D eigenvalue weighted by Crippen LogP contribution is -2.29. The molecule has 1 saturated heterocycles. The van der Waals surface area contributed by atoms with Crippen LogP contribution in [0.4, 0.5) is 8.78 Å². The molecule has 0 N–H and O–H groups in total. The van der Waals surface area contributed by atoms with Gasteiger partial charge in [0.25, 0.3) is 0 Å². The van der Waals surface area contributed by atoms with Crippen molar-refractivity contribution in [2.75, 3.05) is 19.8 Å². The van der Waals surface area contributed by atoms with Crippen LogP contribution in [0.3, 0.4) is 0 Å². The van der Waals surface area contributed by atoms with Crippen molar-refractivity contribution in [3.05, 3.63) is 65.7 Å². The molecule has 5 heteroatoms. The van der Waals surface area contributed by atoms with E-state index < -0.39 is 11.6 Å². The average molecular weight is 374 g/mol. The molecule has 2 atom stereocenters. The second-order valence-electron chi connectivity index (χ2n) is 6.53. The fourth-order valence-corrected chi connectivity index (χ4v) is 3.18. The Bertz CT molecular complexity index is 766. The van der Waals surface area contributed by atoms with Gasteiger partial charge >= 0.3 is 0 Å². The molecule has 0 bridgehead atoms. The van der Waals surface area contributed by atoms with Crippen LogP contribution in [0, 0.1) is 11.6 Å². The van der Waals surface area contributed by atoms with E-state index in [0.29, 0.717) is 12.5 Å². The number of halogens is 2. The standard InChI is InChI=1S/C22H24F2O3/c1-3-15-5-7-16(8-6-15)17-9-10-18(26-13-17)14-27-20-12-11-19(25-4-2)21(23)22(20)24/h3,5-8,11-12,17-18H,1,4,9-10,13-14H2,2H3. The van der Waals surface area contributed by atoms with Gasteiger partial charge in [0.15, 0.2) is 11.5 Å². The predicted octanol–water partition coefficient (Wildman–Crippen LogP) is 5.35. The van der Waals surface area contributed by atoms with Crippen LogP contribution in [0.2, 0.25) is 0 Å². The molecule has 3 rings (SSSR count). The summed E-state index contributed by atoms with van der Waals surface area (Å²) in [7, 11) is 0. The summed E-state index contributed by atoms with van der Waals surface area (Å²) >= 11 is 0. The van der Waals surface area contributed by atoms with Crippen LogP contribution >= 0.6 is 0 Å². The SMILES string of the molecule is C=Cc1ccc(C2CCC(COc3ccc(OCC)c(F)c3F)OC2)cc1. The lowest BCUT2D eigenvalue weighted by molar-refractivity contribution is -0.0219. The Kier molecular flexibility index (Phi) is 6.45. The molecule has 27 heavy (non-hydrogen) atoms. The van der Waals surface area contributed by atoms with E-state index in [-0.39, 0.29) is 30.8 Å². The highest BCUT2D eigenvalue weighted by molar-refractivity contribution is 5.47. The minimum Gasteiger partial charge on any atom is -0.491 e. The van der Waals surface area contributed by atoms with Gasteiger partial charge in [0.1, 0.15) is 6.61 Å². The van der Waals surface area contributed by atoms with E-state index in [9.17, 15) is 8.78 Å². The van der Waals surface area contributed by atoms with Crippen LogP contribution in [-0.2, 0) is 4.74 Å². The van der Waals surface area contributed by atoms with Crippen molar-refractivity contribution in [3.8, 4) is 11.5 Å². The quantitative estimate of drug-likeness (QED) is 0.654. The zero-order valence-electron chi connectivity index (χ0n) is 15.4. The summed E-state index contributed by atoms with van der Waals surface area (Å²) in [5.74, 6) is -1.96. The molecule has 0 spiro atoms. The maximum Gasteiger partial charge on any atom is 0.204 e. The molecule has 2 unspecified atom stereocenters. The Morgan fingerprint density at radius 2 is 1.70 bits per heavy atom. The van der Waals surface area contributed by atoms with Gasteiger partial charge in [-0.3, -0.25) is 0 Å². The first kappa shape index (κ1) is 19.4. The normalized spacial score (nSPS) is 19.5. The fourth-order valence-electron chi connectivity index (χ4n) is 3.18. The molecule has 1 fully saturated rings. The molecule has 2 aromatic rings. The summed E-state index contributed by atoms with van der Waals surface area (Å²) in [5.41, 5.74) is 2.32. The number of hydrogen-bond acceptors (Lipinski definition) is 3. The van der Waals surface area contributed by atoms with E-state index in [1.807, 2.05) is 18.2 Å². The Balaban J connectivity index is 1.52. The molecule has 1 aliphatic heterocycles. The third-order valence-corrected chi connectivity index (χ3v) is 4.75. The van der Waals surface area contributed by atoms with Gasteiger partial charge in [-0.2, -0.15) is 8.78 Å². The Morgan fingerprint density at radius 3 is 2.26 bits per heavy atom. The molecule has 0 aliphatic carbocycles. The van der Waals surface area contributed by atoms with E-state index in [1.54, 1.807) is 6.92 Å². The van der Waals surface area contributed by atoms with Gasteiger partial charge in [0.2, 0.25) is 11.6 Å². The minimum absolute atomic E-state index is 0.110. The smallest absolute Gasteiger partial charge is 0.204 e. The van der Waals surface area contributed by atoms with Crippen LogP contribution in [0.1, 0.15) is 36.8 Å². The molecule has 0 aromatic heterocycles. The van der Waals surface area contributed by atoms with Crippen LogP contribution < -0.4 is 9.47 Å². The lowest BCUT2D eigenvalue weighted by atomic mass is 9.91. The van der Waals surface area contributed by atoms with E-state index in [1.165, 1.54) is 17.7 Å². The monoisotopic (exact) mass is 374 g/mol. The minimum atomic E-state index is -1.03. The maximum absolute atomic E-state index is 14.1. The van der Waals surface area contributed by atoms with Crippen LogP contribution in [-0.4, -0.2) is 25.9 Å². The van der Waals surface area contributed by atoms with Gasteiger partial charge in [-0.25, -0.2) is 0 Å². The van der Waals surface area contributed by atoms with Crippen molar-refractivity contribution in [1.82, 2.24) is 0 Å². The van der Waals surface area contributed by atoms with Crippen LogP contribution in [0.15, 0.2) is 43.0 Å². The number of rotatable bonds is 7. The molecule has 0 saturated carbocycles. The largest absolute Gasteiger partial charge is 0.491 e. The molecule has 144 valence electrons. The fraction of sp³-hybridized carbons (Fsp3) is 0.364. The van der Waals surface area contributed by atoms with Gasteiger partial charge in [-0.1, -0.05) is 36.9 Å². The topological polar surface area (TPSA) is 27.7 Å². The number of benzene rings is 2. The average Bonchev–Trinajstić information content (AvgIpc) is 2.71. The molecule has 0 radical (unpaired) electrons. The van der Waals surface area contributed by atoms with Crippen molar-refractivity contribution >= 4 is 6.08 Å². The molecule has 1 heterocycles.